The molecule has 0 spiro atoms. The molecule has 0 aromatic heterocycles. The predicted octanol–water partition coefficient (Wildman–Crippen LogP) is 1.95. The van der Waals surface area contributed by atoms with E-state index in [4.69, 9.17) is 4.74 Å². The Balaban J connectivity index is 1.72. The molecule has 2 atom stereocenters. The fourth-order valence-corrected chi connectivity index (χ4v) is 1.89. The molecule has 1 aliphatic carbocycles. The smallest absolute Gasteiger partial charge is 0.309 e. The van der Waals surface area contributed by atoms with Crippen molar-refractivity contribution in [2.24, 2.45) is 11.8 Å². The monoisotopic (exact) mass is 279 g/mol. The quantitative estimate of drug-likeness (QED) is 0.838. The average Bonchev–Trinajstić information content (AvgIpc) is 3.14. The molecule has 108 valence electrons. The van der Waals surface area contributed by atoms with E-state index in [1.165, 1.54) is 6.07 Å². The van der Waals surface area contributed by atoms with Gasteiger partial charge >= 0.3 is 5.97 Å². The minimum Gasteiger partial charge on any atom is -0.455 e. The van der Waals surface area contributed by atoms with Crippen molar-refractivity contribution in [3.05, 3.63) is 35.1 Å². The number of halogens is 1. The van der Waals surface area contributed by atoms with E-state index in [-0.39, 0.29) is 36.8 Å². The number of carbonyl (C=O) groups is 2. The molecule has 1 aromatic rings. The summed E-state index contributed by atoms with van der Waals surface area (Å²) >= 11 is 0. The highest BCUT2D eigenvalue weighted by Crippen LogP contribution is 2.38. The molecule has 20 heavy (non-hydrogen) atoms. The van der Waals surface area contributed by atoms with Crippen LogP contribution in [0.3, 0.4) is 0 Å². The topological polar surface area (TPSA) is 55.4 Å². The molecule has 1 aliphatic rings. The summed E-state index contributed by atoms with van der Waals surface area (Å²) in [5.41, 5.74) is 1.23. The van der Waals surface area contributed by atoms with E-state index in [9.17, 15) is 14.0 Å². The van der Waals surface area contributed by atoms with Crippen LogP contribution < -0.4 is 5.32 Å². The molecule has 0 aliphatic heterocycles. The molecule has 1 amide bonds. The lowest BCUT2D eigenvalue weighted by Gasteiger charge is -2.07. The lowest BCUT2D eigenvalue weighted by molar-refractivity contribution is -0.150. The molecule has 1 aromatic carbocycles. The fraction of sp³-hybridized carbons (Fsp3) is 0.467. The van der Waals surface area contributed by atoms with Gasteiger partial charge in [-0.25, -0.2) is 4.39 Å². The zero-order valence-corrected chi connectivity index (χ0v) is 11.6. The minimum atomic E-state index is -0.382. The number of rotatable bonds is 5. The van der Waals surface area contributed by atoms with E-state index in [2.05, 4.69) is 5.32 Å². The van der Waals surface area contributed by atoms with Gasteiger partial charge in [0.25, 0.3) is 5.91 Å². The van der Waals surface area contributed by atoms with E-state index < -0.39 is 0 Å². The van der Waals surface area contributed by atoms with E-state index in [1.54, 1.807) is 19.1 Å². The van der Waals surface area contributed by atoms with Gasteiger partial charge in [0.1, 0.15) is 5.82 Å². The van der Waals surface area contributed by atoms with Crippen molar-refractivity contribution in [2.45, 2.75) is 26.8 Å². The summed E-state index contributed by atoms with van der Waals surface area (Å²) in [6, 6.07) is 4.79. The van der Waals surface area contributed by atoms with Gasteiger partial charge in [0, 0.05) is 6.54 Å². The van der Waals surface area contributed by atoms with Crippen molar-refractivity contribution in [1.29, 1.82) is 0 Å². The largest absolute Gasteiger partial charge is 0.455 e. The first-order valence-corrected chi connectivity index (χ1v) is 6.65. The van der Waals surface area contributed by atoms with Crippen LogP contribution in [0.5, 0.6) is 0 Å². The third kappa shape index (κ3) is 3.79. The van der Waals surface area contributed by atoms with Gasteiger partial charge in [-0.1, -0.05) is 19.1 Å². The van der Waals surface area contributed by atoms with Gasteiger partial charge in [0.05, 0.1) is 5.92 Å². The van der Waals surface area contributed by atoms with Gasteiger partial charge in [-0.15, -0.1) is 0 Å². The molecule has 0 heterocycles. The molecule has 1 saturated carbocycles. The third-order valence-corrected chi connectivity index (χ3v) is 3.48. The second-order valence-corrected chi connectivity index (χ2v) is 5.29. The van der Waals surface area contributed by atoms with Crippen molar-refractivity contribution in [3.8, 4) is 0 Å². The Labute approximate surface area is 117 Å². The van der Waals surface area contributed by atoms with Gasteiger partial charge in [-0.2, -0.15) is 0 Å². The van der Waals surface area contributed by atoms with E-state index in [0.29, 0.717) is 17.0 Å². The van der Waals surface area contributed by atoms with Crippen molar-refractivity contribution >= 4 is 11.9 Å². The summed E-state index contributed by atoms with van der Waals surface area (Å²) in [7, 11) is 0. The normalized spacial score (nSPS) is 20.4. The maximum Gasteiger partial charge on any atom is 0.309 e. The van der Waals surface area contributed by atoms with Gasteiger partial charge in [0.2, 0.25) is 0 Å². The highest BCUT2D eigenvalue weighted by Gasteiger charge is 2.40. The zero-order valence-electron chi connectivity index (χ0n) is 11.6. The first-order valence-electron chi connectivity index (χ1n) is 6.65. The van der Waals surface area contributed by atoms with Crippen molar-refractivity contribution < 1.29 is 18.7 Å². The number of carbonyl (C=O) groups excluding carboxylic acids is 2. The zero-order chi connectivity index (χ0) is 14.7. The predicted molar refractivity (Wildman–Crippen MR) is 71.2 cm³/mol. The lowest BCUT2D eigenvalue weighted by Crippen LogP contribution is -2.28. The molecular formula is C15H18FNO3. The van der Waals surface area contributed by atoms with E-state index >= 15 is 0 Å². The molecule has 0 saturated heterocycles. The number of hydrogen-bond acceptors (Lipinski definition) is 3. The molecule has 0 bridgehead atoms. The number of ether oxygens (including phenoxy) is 1. The molecular weight excluding hydrogens is 261 g/mol. The maximum atomic E-state index is 13.3. The Hall–Kier alpha value is -1.91. The van der Waals surface area contributed by atoms with Crippen LogP contribution in [0.15, 0.2) is 18.2 Å². The van der Waals surface area contributed by atoms with E-state index in [0.717, 1.165) is 6.42 Å². The standard InChI is InChI=1S/C15H18FNO3/c1-9-3-4-11(6-13(9)16)7-17-14(18)8-20-15(19)12-5-10(12)2/h3-4,6,10,12H,5,7-8H2,1-2H3,(H,17,18). The summed E-state index contributed by atoms with van der Waals surface area (Å²) in [4.78, 5) is 22.9. The maximum absolute atomic E-state index is 13.3. The van der Waals surface area contributed by atoms with E-state index in [1.807, 2.05) is 6.92 Å². The van der Waals surface area contributed by atoms with Crippen LogP contribution in [0.2, 0.25) is 0 Å². The van der Waals surface area contributed by atoms with Gasteiger partial charge in [0.15, 0.2) is 6.61 Å². The summed E-state index contributed by atoms with van der Waals surface area (Å²) in [5.74, 6) is -0.678. The summed E-state index contributed by atoms with van der Waals surface area (Å²) in [6.45, 7) is 3.58. The number of aryl methyl sites for hydroxylation is 1. The summed E-state index contributed by atoms with van der Waals surface area (Å²) < 4.78 is 18.2. The minimum absolute atomic E-state index is 0.0472. The Morgan fingerprint density at radius 2 is 2.15 bits per heavy atom. The molecule has 0 radical (unpaired) electrons. The average molecular weight is 279 g/mol. The number of esters is 1. The second-order valence-electron chi connectivity index (χ2n) is 5.29. The van der Waals surface area contributed by atoms with Crippen LogP contribution in [0.1, 0.15) is 24.5 Å². The van der Waals surface area contributed by atoms with Crippen molar-refractivity contribution in [3.63, 3.8) is 0 Å². The van der Waals surface area contributed by atoms with Gasteiger partial charge in [-0.05, 0) is 36.5 Å². The molecule has 2 unspecified atom stereocenters. The third-order valence-electron chi connectivity index (χ3n) is 3.48. The lowest BCUT2D eigenvalue weighted by atomic mass is 10.1. The molecule has 1 N–H and O–H groups in total. The highest BCUT2D eigenvalue weighted by atomic mass is 19.1. The number of benzene rings is 1. The van der Waals surface area contributed by atoms with Gasteiger partial charge < -0.3 is 10.1 Å². The van der Waals surface area contributed by atoms with Crippen molar-refractivity contribution in [1.82, 2.24) is 5.32 Å². The van der Waals surface area contributed by atoms with Crippen LogP contribution >= 0.6 is 0 Å². The Morgan fingerprint density at radius 3 is 2.75 bits per heavy atom. The number of amides is 1. The highest BCUT2D eigenvalue weighted by molar-refractivity contribution is 5.82. The first-order chi connectivity index (χ1) is 9.47. The van der Waals surface area contributed by atoms with Crippen LogP contribution in [0.4, 0.5) is 4.39 Å². The summed E-state index contributed by atoms with van der Waals surface area (Å²) in [6.07, 6.45) is 0.836. The summed E-state index contributed by atoms with van der Waals surface area (Å²) in [5, 5.41) is 2.59. The van der Waals surface area contributed by atoms with Crippen LogP contribution in [0, 0.1) is 24.6 Å². The molecule has 1 fully saturated rings. The Kier molecular flexibility index (Phi) is 4.37. The molecule has 4 nitrogen and oxygen atoms in total. The fourth-order valence-electron chi connectivity index (χ4n) is 1.89. The Bertz CT molecular complexity index is 530. The van der Waals surface area contributed by atoms with Gasteiger partial charge in [-0.3, -0.25) is 9.59 Å². The number of nitrogens with one attached hydrogen (secondary N) is 1. The van der Waals surface area contributed by atoms with Crippen LogP contribution in [0.25, 0.3) is 0 Å². The van der Waals surface area contributed by atoms with Crippen molar-refractivity contribution in [2.75, 3.05) is 6.61 Å². The van der Waals surface area contributed by atoms with Crippen LogP contribution in [-0.4, -0.2) is 18.5 Å². The molecule has 2 rings (SSSR count). The SMILES string of the molecule is Cc1ccc(CNC(=O)COC(=O)C2CC2C)cc1F. The Morgan fingerprint density at radius 1 is 1.45 bits per heavy atom. The second kappa shape index (κ2) is 6.03. The molecule has 5 heteroatoms. The number of hydrogen-bond donors (Lipinski definition) is 1. The first kappa shape index (κ1) is 14.5. The van der Waals surface area contributed by atoms with Crippen LogP contribution in [-0.2, 0) is 20.9 Å².